The van der Waals surface area contributed by atoms with Gasteiger partial charge in [-0.25, -0.2) is 9.18 Å². The van der Waals surface area contributed by atoms with Crippen LogP contribution in [0.2, 0.25) is 0 Å². The summed E-state index contributed by atoms with van der Waals surface area (Å²) >= 11 is 0. The molecular weight excluding hydrogens is 199 g/mol. The second-order valence-electron chi connectivity index (χ2n) is 2.56. The number of isocyanates is 1. The Labute approximate surface area is 85.1 Å². The summed E-state index contributed by atoms with van der Waals surface area (Å²) in [7, 11) is 0. The van der Waals surface area contributed by atoms with Crippen LogP contribution in [0.25, 0.3) is 0 Å². The minimum atomic E-state index is -0.708. The van der Waals surface area contributed by atoms with E-state index < -0.39 is 11.7 Å². The maximum atomic E-state index is 13.1. The average Bonchev–Trinajstić information content (AvgIpc) is 2.22. The van der Waals surface area contributed by atoms with Crippen molar-refractivity contribution >= 4 is 23.4 Å². The van der Waals surface area contributed by atoms with Crippen LogP contribution in [0.4, 0.5) is 15.8 Å². The van der Waals surface area contributed by atoms with Gasteiger partial charge >= 0.3 is 0 Å². The van der Waals surface area contributed by atoms with Gasteiger partial charge in [0.25, 0.3) is 0 Å². The number of nitrogens with one attached hydrogen (secondary N) is 1. The highest BCUT2D eigenvalue weighted by Crippen LogP contribution is 2.20. The van der Waals surface area contributed by atoms with Gasteiger partial charge in [-0.05, 0) is 24.3 Å². The molecule has 0 spiro atoms. The molecule has 5 heteroatoms. The summed E-state index contributed by atoms with van der Waals surface area (Å²) in [6.45, 7) is 3.25. The Morgan fingerprint density at radius 3 is 2.87 bits per heavy atom. The molecule has 1 rings (SSSR count). The third-order valence-corrected chi connectivity index (χ3v) is 1.57. The smallest absolute Gasteiger partial charge is 0.247 e. The number of carbonyl (C=O) groups is 1. The molecule has 1 amide bonds. The molecule has 0 radical (unpaired) electrons. The fraction of sp³-hybridized carbons (Fsp3) is 0. The largest absolute Gasteiger partial charge is 0.322 e. The highest BCUT2D eigenvalue weighted by Gasteiger charge is 2.03. The number of carbonyl (C=O) groups excluding carboxylic acids is 2. The van der Waals surface area contributed by atoms with Gasteiger partial charge in [0.1, 0.15) is 5.69 Å². The first-order chi connectivity index (χ1) is 7.17. The zero-order valence-corrected chi connectivity index (χ0v) is 7.66. The van der Waals surface area contributed by atoms with Crippen LogP contribution in [-0.4, -0.2) is 12.0 Å². The Morgan fingerprint density at radius 2 is 2.33 bits per heavy atom. The monoisotopic (exact) mass is 206 g/mol. The van der Waals surface area contributed by atoms with E-state index >= 15 is 0 Å². The van der Waals surface area contributed by atoms with Gasteiger partial charge in [-0.15, -0.1) is 0 Å². The number of anilines is 1. The van der Waals surface area contributed by atoms with Gasteiger partial charge in [-0.1, -0.05) is 6.58 Å². The molecule has 0 aliphatic rings. The first-order valence-electron chi connectivity index (χ1n) is 3.98. The van der Waals surface area contributed by atoms with E-state index in [-0.39, 0.29) is 11.4 Å². The lowest BCUT2D eigenvalue weighted by molar-refractivity contribution is -0.111. The second-order valence-corrected chi connectivity index (χ2v) is 2.56. The summed E-state index contributed by atoms with van der Waals surface area (Å²) in [6, 6.07) is 3.73. The van der Waals surface area contributed by atoms with E-state index in [0.717, 1.165) is 12.1 Å². The molecule has 1 N–H and O–H groups in total. The van der Waals surface area contributed by atoms with Crippen LogP contribution in [0.5, 0.6) is 0 Å². The number of halogens is 1. The molecule has 0 atom stereocenters. The van der Waals surface area contributed by atoms with Crippen LogP contribution < -0.4 is 5.32 Å². The Kier molecular flexibility index (Phi) is 3.49. The van der Waals surface area contributed by atoms with Crippen LogP contribution in [0, 0.1) is 5.82 Å². The summed E-state index contributed by atoms with van der Waals surface area (Å²) in [4.78, 5) is 23.9. The van der Waals surface area contributed by atoms with Crippen molar-refractivity contribution in [3.63, 3.8) is 0 Å². The highest BCUT2D eigenvalue weighted by molar-refractivity contribution is 5.98. The lowest BCUT2D eigenvalue weighted by Gasteiger charge is -2.02. The molecule has 1 aromatic carbocycles. The highest BCUT2D eigenvalue weighted by atomic mass is 19.1. The number of hydrogen-bond donors (Lipinski definition) is 1. The summed E-state index contributed by atoms with van der Waals surface area (Å²) in [5.41, 5.74) is 0.142. The molecule has 0 heterocycles. The zero-order valence-electron chi connectivity index (χ0n) is 7.66. The van der Waals surface area contributed by atoms with Crippen molar-refractivity contribution < 1.29 is 14.0 Å². The fourth-order valence-electron chi connectivity index (χ4n) is 0.918. The average molecular weight is 206 g/mol. The van der Waals surface area contributed by atoms with Gasteiger partial charge in [0.15, 0.2) is 5.82 Å². The first-order valence-corrected chi connectivity index (χ1v) is 3.98. The SMILES string of the molecule is C=CC(=O)Nc1ccc(N=C=O)c(F)c1. The van der Waals surface area contributed by atoms with E-state index in [0.29, 0.717) is 0 Å². The number of benzene rings is 1. The molecule has 0 aliphatic heterocycles. The van der Waals surface area contributed by atoms with E-state index in [9.17, 15) is 14.0 Å². The van der Waals surface area contributed by atoms with Crippen molar-refractivity contribution in [3.8, 4) is 0 Å². The summed E-state index contributed by atoms with van der Waals surface area (Å²) in [6.07, 6.45) is 2.29. The van der Waals surface area contributed by atoms with E-state index in [1.54, 1.807) is 0 Å². The quantitative estimate of drug-likeness (QED) is 0.466. The molecule has 0 bridgehead atoms. The lowest BCUT2D eigenvalue weighted by atomic mass is 10.2. The maximum Gasteiger partial charge on any atom is 0.247 e. The Bertz CT molecular complexity index is 451. The summed E-state index contributed by atoms with van der Waals surface area (Å²) in [5, 5.41) is 2.36. The van der Waals surface area contributed by atoms with E-state index in [1.165, 1.54) is 18.2 Å². The van der Waals surface area contributed by atoms with Crippen molar-refractivity contribution in [2.75, 3.05) is 5.32 Å². The molecular formula is C10H7FN2O2. The summed E-state index contributed by atoms with van der Waals surface area (Å²) < 4.78 is 13.1. The zero-order chi connectivity index (χ0) is 11.3. The van der Waals surface area contributed by atoms with Gasteiger partial charge in [0.2, 0.25) is 12.0 Å². The van der Waals surface area contributed by atoms with E-state index in [4.69, 9.17) is 0 Å². The van der Waals surface area contributed by atoms with E-state index in [2.05, 4.69) is 16.9 Å². The minimum Gasteiger partial charge on any atom is -0.322 e. The molecule has 0 saturated carbocycles. The van der Waals surface area contributed by atoms with Gasteiger partial charge < -0.3 is 5.32 Å². The number of amides is 1. The number of hydrogen-bond acceptors (Lipinski definition) is 3. The molecule has 15 heavy (non-hydrogen) atoms. The predicted molar refractivity (Wildman–Crippen MR) is 53.0 cm³/mol. The van der Waals surface area contributed by atoms with Crippen LogP contribution in [0.3, 0.4) is 0 Å². The molecule has 0 aromatic heterocycles. The fourth-order valence-corrected chi connectivity index (χ4v) is 0.918. The van der Waals surface area contributed by atoms with Crippen LogP contribution in [-0.2, 0) is 9.59 Å². The van der Waals surface area contributed by atoms with Crippen molar-refractivity contribution in [2.45, 2.75) is 0 Å². The van der Waals surface area contributed by atoms with Gasteiger partial charge in [-0.2, -0.15) is 4.99 Å². The van der Waals surface area contributed by atoms with Crippen LogP contribution in [0.15, 0.2) is 35.8 Å². The number of aliphatic imine (C=N–C) groups is 1. The maximum absolute atomic E-state index is 13.1. The topological polar surface area (TPSA) is 58.5 Å². The van der Waals surface area contributed by atoms with Crippen molar-refractivity contribution in [1.29, 1.82) is 0 Å². The first kappa shape index (κ1) is 10.8. The molecule has 1 aromatic rings. The molecule has 0 aliphatic carbocycles. The van der Waals surface area contributed by atoms with Crippen LogP contribution >= 0.6 is 0 Å². The Balaban J connectivity index is 2.95. The summed E-state index contributed by atoms with van der Waals surface area (Å²) in [5.74, 6) is -1.15. The molecule has 76 valence electrons. The normalized spacial score (nSPS) is 8.87. The Hall–Kier alpha value is -2.26. The predicted octanol–water partition coefficient (Wildman–Crippen LogP) is 1.92. The van der Waals surface area contributed by atoms with E-state index in [1.807, 2.05) is 0 Å². The molecule has 0 unspecified atom stereocenters. The number of nitrogens with zero attached hydrogens (tertiary/aromatic N) is 1. The lowest BCUT2D eigenvalue weighted by Crippen LogP contribution is -2.07. The molecule has 4 nitrogen and oxygen atoms in total. The minimum absolute atomic E-state index is 0.124. The van der Waals surface area contributed by atoms with Crippen LogP contribution in [0.1, 0.15) is 0 Å². The van der Waals surface area contributed by atoms with Crippen molar-refractivity contribution in [3.05, 3.63) is 36.7 Å². The van der Waals surface area contributed by atoms with Crippen molar-refractivity contribution in [1.82, 2.24) is 0 Å². The molecule has 0 saturated heterocycles. The third-order valence-electron chi connectivity index (χ3n) is 1.57. The van der Waals surface area contributed by atoms with Gasteiger partial charge in [-0.3, -0.25) is 4.79 Å². The number of rotatable bonds is 3. The standard InChI is InChI=1S/C10H7FN2O2/c1-2-10(15)13-7-3-4-9(12-6-14)8(11)5-7/h2-5H,1H2,(H,13,15). The van der Waals surface area contributed by atoms with Gasteiger partial charge in [0.05, 0.1) is 0 Å². The third kappa shape index (κ3) is 2.86. The van der Waals surface area contributed by atoms with Gasteiger partial charge in [0, 0.05) is 5.69 Å². The Morgan fingerprint density at radius 1 is 1.60 bits per heavy atom. The second kappa shape index (κ2) is 4.83. The van der Waals surface area contributed by atoms with Crippen molar-refractivity contribution in [2.24, 2.45) is 4.99 Å². The molecule has 0 fully saturated rings.